The van der Waals surface area contributed by atoms with Crippen LogP contribution in [0.4, 0.5) is 0 Å². The first-order valence-corrected chi connectivity index (χ1v) is 13.2. The first kappa shape index (κ1) is 22.9. The predicted octanol–water partition coefficient (Wildman–Crippen LogP) is 3.82. The summed E-state index contributed by atoms with van der Waals surface area (Å²) in [4.78, 5) is 29.1. The van der Waals surface area contributed by atoms with Crippen LogP contribution < -0.4 is 10.6 Å². The summed E-state index contributed by atoms with van der Waals surface area (Å²) in [5, 5.41) is 7.05. The van der Waals surface area contributed by atoms with E-state index in [-0.39, 0.29) is 40.9 Å². The predicted molar refractivity (Wildman–Crippen MR) is 131 cm³/mol. The van der Waals surface area contributed by atoms with Crippen molar-refractivity contribution in [1.29, 1.82) is 0 Å². The zero-order valence-electron chi connectivity index (χ0n) is 19.4. The molecule has 3 aliphatic carbocycles. The maximum atomic E-state index is 13.3. The first-order chi connectivity index (χ1) is 16.1. The highest BCUT2D eigenvalue weighted by Gasteiger charge is 2.69. The summed E-state index contributed by atoms with van der Waals surface area (Å²) in [7, 11) is 0. The second-order valence-corrected chi connectivity index (χ2v) is 10.9. The smallest absolute Gasteiger partial charge is 0.224 e. The second-order valence-electron chi connectivity index (χ2n) is 10.4. The Morgan fingerprint density at radius 1 is 0.909 bits per heavy atom. The number of carbonyl (C=O) groups is 2. The fourth-order valence-electron chi connectivity index (χ4n) is 6.60. The molecule has 4 atom stereocenters. The number of halogens is 1. The van der Waals surface area contributed by atoms with Crippen molar-refractivity contribution in [2.24, 2.45) is 29.1 Å². The van der Waals surface area contributed by atoms with Crippen molar-refractivity contribution >= 4 is 23.4 Å². The monoisotopic (exact) mass is 469 g/mol. The quantitative estimate of drug-likeness (QED) is 0.404. The van der Waals surface area contributed by atoms with Gasteiger partial charge in [0.2, 0.25) is 11.8 Å². The van der Waals surface area contributed by atoms with Gasteiger partial charge in [0.05, 0.1) is 11.8 Å². The molecule has 1 aliphatic heterocycles. The Hall–Kier alpha value is -1.85. The van der Waals surface area contributed by atoms with Gasteiger partial charge < -0.3 is 15.5 Å². The van der Waals surface area contributed by atoms with Crippen LogP contribution in [0.15, 0.2) is 36.4 Å². The lowest BCUT2D eigenvalue weighted by atomic mass is 9.81. The minimum atomic E-state index is -0.239. The Balaban J connectivity index is 1.14. The molecular formula is C27H36ClN3O2. The molecular weight excluding hydrogens is 434 g/mol. The summed E-state index contributed by atoms with van der Waals surface area (Å²) in [6.07, 6.45) is 12.3. The van der Waals surface area contributed by atoms with E-state index >= 15 is 0 Å². The summed E-state index contributed by atoms with van der Waals surface area (Å²) in [6.45, 7) is 4.87. The molecule has 1 spiro atoms. The number of benzene rings is 1. The molecule has 6 heteroatoms. The van der Waals surface area contributed by atoms with Crippen LogP contribution in [0.1, 0.15) is 44.1 Å². The van der Waals surface area contributed by atoms with Crippen LogP contribution in [0.3, 0.4) is 0 Å². The van der Waals surface area contributed by atoms with Crippen LogP contribution in [0, 0.1) is 29.1 Å². The molecule has 2 N–H and O–H groups in total. The summed E-state index contributed by atoms with van der Waals surface area (Å²) < 4.78 is 0. The largest absolute Gasteiger partial charge is 0.356 e. The number of rotatable bonds is 10. The molecule has 2 bridgehead atoms. The maximum absolute atomic E-state index is 13.3. The zero-order chi connectivity index (χ0) is 22.8. The van der Waals surface area contributed by atoms with Gasteiger partial charge in [0, 0.05) is 18.1 Å². The summed E-state index contributed by atoms with van der Waals surface area (Å²) in [5.74, 6) is 0.0930. The Morgan fingerprint density at radius 3 is 2.12 bits per heavy atom. The molecule has 1 aromatic carbocycles. The van der Waals surface area contributed by atoms with Crippen LogP contribution >= 0.6 is 11.6 Å². The van der Waals surface area contributed by atoms with Gasteiger partial charge in [0.1, 0.15) is 0 Å². The SMILES string of the molecule is O=C(NCCCCN1CCCC1)[C@H]1[C@H](C(=O)NCCc2ccc(Cl)cc2)[C@@H]2C=C[C@H]1C21CC1. The molecule has 5 nitrogen and oxygen atoms in total. The van der Waals surface area contributed by atoms with Gasteiger partial charge in [-0.2, -0.15) is 0 Å². The van der Waals surface area contributed by atoms with Gasteiger partial charge in [-0.05, 0) is 99.5 Å². The van der Waals surface area contributed by atoms with E-state index in [2.05, 4.69) is 27.7 Å². The van der Waals surface area contributed by atoms with E-state index in [0.717, 1.165) is 49.2 Å². The van der Waals surface area contributed by atoms with Crippen molar-refractivity contribution < 1.29 is 9.59 Å². The Bertz CT molecular complexity index is 889. The lowest BCUT2D eigenvalue weighted by Gasteiger charge is -2.26. The third-order valence-corrected chi connectivity index (χ3v) is 8.72. The normalized spacial score (nSPS) is 29.0. The molecule has 1 heterocycles. The average Bonchev–Trinajstić information content (AvgIpc) is 3.17. The lowest BCUT2D eigenvalue weighted by Crippen LogP contribution is -2.44. The number of nitrogens with zero attached hydrogens (tertiary/aromatic N) is 1. The fraction of sp³-hybridized carbons (Fsp3) is 0.630. The molecule has 0 radical (unpaired) electrons. The van der Waals surface area contributed by atoms with Gasteiger partial charge in [-0.25, -0.2) is 0 Å². The molecule has 1 aromatic rings. The van der Waals surface area contributed by atoms with Gasteiger partial charge in [-0.1, -0.05) is 35.9 Å². The number of likely N-dealkylation sites (tertiary alicyclic amines) is 1. The topological polar surface area (TPSA) is 61.4 Å². The molecule has 3 fully saturated rings. The van der Waals surface area contributed by atoms with Gasteiger partial charge >= 0.3 is 0 Å². The van der Waals surface area contributed by atoms with Gasteiger partial charge in [-0.3, -0.25) is 9.59 Å². The number of hydrogen-bond donors (Lipinski definition) is 2. The number of nitrogens with one attached hydrogen (secondary N) is 2. The molecule has 5 rings (SSSR count). The van der Waals surface area contributed by atoms with Crippen molar-refractivity contribution in [3.63, 3.8) is 0 Å². The molecule has 4 aliphatic rings. The van der Waals surface area contributed by atoms with Crippen LogP contribution in [0.25, 0.3) is 0 Å². The van der Waals surface area contributed by atoms with E-state index in [0.29, 0.717) is 13.1 Å². The molecule has 0 unspecified atom stereocenters. The van der Waals surface area contributed by atoms with Crippen molar-refractivity contribution in [2.45, 2.75) is 44.9 Å². The average molecular weight is 470 g/mol. The van der Waals surface area contributed by atoms with Crippen LogP contribution in [0.5, 0.6) is 0 Å². The van der Waals surface area contributed by atoms with Crippen molar-refractivity contribution in [3.8, 4) is 0 Å². The summed E-state index contributed by atoms with van der Waals surface area (Å²) >= 11 is 5.96. The molecule has 2 saturated carbocycles. The maximum Gasteiger partial charge on any atom is 0.224 e. The Kier molecular flexibility index (Phi) is 6.80. The van der Waals surface area contributed by atoms with Crippen LogP contribution in [-0.4, -0.2) is 49.4 Å². The highest BCUT2D eigenvalue weighted by Crippen LogP contribution is 2.72. The number of carbonyl (C=O) groups excluding carboxylic acids is 2. The molecule has 2 amide bonds. The Labute approximate surface area is 202 Å². The fourth-order valence-corrected chi connectivity index (χ4v) is 6.73. The van der Waals surface area contributed by atoms with Crippen molar-refractivity contribution in [3.05, 3.63) is 47.0 Å². The number of amides is 2. The van der Waals surface area contributed by atoms with E-state index in [1.54, 1.807) is 0 Å². The second kappa shape index (κ2) is 9.79. The van der Waals surface area contributed by atoms with E-state index in [1.165, 1.54) is 25.9 Å². The van der Waals surface area contributed by atoms with Gasteiger partial charge in [-0.15, -0.1) is 0 Å². The number of hydrogen-bond acceptors (Lipinski definition) is 3. The Morgan fingerprint density at radius 2 is 1.52 bits per heavy atom. The number of allylic oxidation sites excluding steroid dienone is 2. The molecule has 1 saturated heterocycles. The van der Waals surface area contributed by atoms with Gasteiger partial charge in [0.25, 0.3) is 0 Å². The van der Waals surface area contributed by atoms with E-state index in [1.807, 2.05) is 24.3 Å². The molecule has 33 heavy (non-hydrogen) atoms. The third kappa shape index (κ3) is 4.72. The highest BCUT2D eigenvalue weighted by molar-refractivity contribution is 6.30. The molecule has 178 valence electrons. The van der Waals surface area contributed by atoms with Crippen molar-refractivity contribution in [1.82, 2.24) is 15.5 Å². The highest BCUT2D eigenvalue weighted by atomic mass is 35.5. The zero-order valence-corrected chi connectivity index (χ0v) is 20.2. The summed E-state index contributed by atoms with van der Waals surface area (Å²) in [5.41, 5.74) is 1.32. The number of unbranched alkanes of at least 4 members (excludes halogenated alkanes) is 1. The molecule has 0 aromatic heterocycles. The standard InChI is InChI=1S/C27H36ClN3O2/c28-20-7-5-19(6-8-20)11-15-30-26(33)24-22-10-9-21(27(22)12-13-27)23(24)25(32)29-14-1-2-16-31-17-3-4-18-31/h5-10,21-24H,1-4,11-18H2,(H,29,32)(H,30,33)/t21-,22+,23-,24-/m1/s1. The van der Waals surface area contributed by atoms with Crippen molar-refractivity contribution in [2.75, 3.05) is 32.7 Å². The lowest BCUT2D eigenvalue weighted by molar-refractivity contribution is -0.135. The summed E-state index contributed by atoms with van der Waals surface area (Å²) in [6, 6.07) is 7.74. The van der Waals surface area contributed by atoms with Gasteiger partial charge in [0.15, 0.2) is 0 Å². The van der Waals surface area contributed by atoms with E-state index in [4.69, 9.17) is 11.6 Å². The van der Waals surface area contributed by atoms with Crippen LogP contribution in [-0.2, 0) is 16.0 Å². The minimum absolute atomic E-state index is 0.0428. The third-order valence-electron chi connectivity index (χ3n) is 8.47. The minimum Gasteiger partial charge on any atom is -0.356 e. The van der Waals surface area contributed by atoms with E-state index in [9.17, 15) is 9.59 Å². The van der Waals surface area contributed by atoms with Crippen LogP contribution in [0.2, 0.25) is 5.02 Å². The van der Waals surface area contributed by atoms with E-state index < -0.39 is 0 Å². The first-order valence-electron chi connectivity index (χ1n) is 12.8.